The van der Waals surface area contributed by atoms with E-state index in [4.69, 9.17) is 5.73 Å². The van der Waals surface area contributed by atoms with Crippen LogP contribution in [0.5, 0.6) is 5.75 Å². The molecule has 0 saturated carbocycles. The first-order valence-electron chi connectivity index (χ1n) is 4.37. The molecule has 0 aliphatic carbocycles. The molecule has 0 aliphatic rings. The number of nitro benzene ring substituents is 1. The maximum atomic E-state index is 11.7. The second kappa shape index (κ2) is 4.18. The van der Waals surface area contributed by atoms with Crippen molar-refractivity contribution >= 4 is 21.4 Å². The number of sulfonamides is 1. The largest absolute Gasteiger partial charge is 0.501 e. The van der Waals surface area contributed by atoms with Gasteiger partial charge in [0, 0.05) is 20.2 Å². The number of nitrogens with zero attached hydrogens (tertiary/aromatic N) is 2. The van der Waals surface area contributed by atoms with Crippen molar-refractivity contribution in [2.45, 2.75) is 4.90 Å². The first-order valence-corrected chi connectivity index (χ1v) is 5.81. The third kappa shape index (κ3) is 2.29. The van der Waals surface area contributed by atoms with Crippen LogP contribution in [0.15, 0.2) is 17.0 Å². The molecule has 17 heavy (non-hydrogen) atoms. The molecule has 0 heterocycles. The number of nitro groups is 1. The van der Waals surface area contributed by atoms with Crippen LogP contribution in [-0.2, 0) is 10.0 Å². The summed E-state index contributed by atoms with van der Waals surface area (Å²) in [6, 6.07) is 1.73. The third-order valence-electron chi connectivity index (χ3n) is 2.07. The van der Waals surface area contributed by atoms with Gasteiger partial charge in [0.05, 0.1) is 15.5 Å². The lowest BCUT2D eigenvalue weighted by Crippen LogP contribution is -2.22. The minimum atomic E-state index is -3.83. The van der Waals surface area contributed by atoms with Gasteiger partial charge >= 0.3 is 5.69 Å². The monoisotopic (exact) mass is 261 g/mol. The highest BCUT2D eigenvalue weighted by molar-refractivity contribution is 7.89. The van der Waals surface area contributed by atoms with Crippen molar-refractivity contribution in [1.29, 1.82) is 0 Å². The quantitative estimate of drug-likeness (QED) is 0.344. The van der Waals surface area contributed by atoms with Gasteiger partial charge in [0.15, 0.2) is 0 Å². The number of anilines is 1. The van der Waals surface area contributed by atoms with E-state index in [1.807, 2.05) is 0 Å². The van der Waals surface area contributed by atoms with Crippen molar-refractivity contribution < 1.29 is 18.4 Å². The molecule has 8 nitrogen and oxygen atoms in total. The Balaban J connectivity index is 3.55. The zero-order valence-corrected chi connectivity index (χ0v) is 9.93. The van der Waals surface area contributed by atoms with Gasteiger partial charge in [-0.15, -0.1) is 0 Å². The molecule has 1 aromatic carbocycles. The van der Waals surface area contributed by atoms with Crippen LogP contribution in [0.25, 0.3) is 0 Å². The minimum Gasteiger partial charge on any atom is -0.501 e. The Morgan fingerprint density at radius 1 is 1.41 bits per heavy atom. The lowest BCUT2D eigenvalue weighted by atomic mass is 10.2. The lowest BCUT2D eigenvalue weighted by Gasteiger charge is -2.12. The average molecular weight is 261 g/mol. The Labute approximate surface area is 97.5 Å². The topological polar surface area (TPSA) is 127 Å². The van der Waals surface area contributed by atoms with Gasteiger partial charge in [0.2, 0.25) is 15.8 Å². The third-order valence-corrected chi connectivity index (χ3v) is 3.86. The van der Waals surface area contributed by atoms with Crippen molar-refractivity contribution in [3.8, 4) is 5.75 Å². The average Bonchev–Trinajstić information content (AvgIpc) is 2.20. The van der Waals surface area contributed by atoms with E-state index in [2.05, 4.69) is 0 Å². The molecular weight excluding hydrogens is 250 g/mol. The van der Waals surface area contributed by atoms with Gasteiger partial charge in [-0.1, -0.05) is 0 Å². The fourth-order valence-electron chi connectivity index (χ4n) is 1.11. The SMILES string of the molecule is CN(C)S(=O)(=O)c1cc(N)c(O)c([N+](=O)[O-])c1. The maximum absolute atomic E-state index is 11.7. The molecule has 0 unspecified atom stereocenters. The van der Waals surface area contributed by atoms with E-state index < -0.39 is 26.4 Å². The Bertz CT molecular complexity index is 567. The molecule has 0 aromatic heterocycles. The van der Waals surface area contributed by atoms with E-state index in [0.29, 0.717) is 0 Å². The fraction of sp³-hybridized carbons (Fsp3) is 0.250. The van der Waals surface area contributed by atoms with Crippen molar-refractivity contribution in [3.05, 3.63) is 22.2 Å². The summed E-state index contributed by atoms with van der Waals surface area (Å²) in [6.45, 7) is 0. The summed E-state index contributed by atoms with van der Waals surface area (Å²) in [6.07, 6.45) is 0. The highest BCUT2D eigenvalue weighted by Crippen LogP contribution is 2.35. The van der Waals surface area contributed by atoms with Crippen molar-refractivity contribution in [1.82, 2.24) is 4.31 Å². The van der Waals surface area contributed by atoms with Crippen LogP contribution in [-0.4, -0.2) is 36.8 Å². The number of phenols is 1. The lowest BCUT2D eigenvalue weighted by molar-refractivity contribution is -0.386. The zero-order valence-electron chi connectivity index (χ0n) is 9.11. The molecule has 94 valence electrons. The summed E-state index contributed by atoms with van der Waals surface area (Å²) in [5.41, 5.74) is 4.21. The van der Waals surface area contributed by atoms with Gasteiger partial charge in [-0.25, -0.2) is 12.7 Å². The molecule has 1 rings (SSSR count). The standard InChI is InChI=1S/C8H11N3O5S/c1-10(2)17(15,16)5-3-6(9)8(12)7(4-5)11(13)14/h3-4,12H,9H2,1-2H3. The number of aromatic hydroxyl groups is 1. The normalized spacial score (nSPS) is 11.7. The van der Waals surface area contributed by atoms with Crippen LogP contribution in [0.2, 0.25) is 0 Å². The van der Waals surface area contributed by atoms with E-state index >= 15 is 0 Å². The van der Waals surface area contributed by atoms with Gasteiger partial charge < -0.3 is 10.8 Å². The fourth-order valence-corrected chi connectivity index (χ4v) is 2.07. The Morgan fingerprint density at radius 2 is 1.94 bits per heavy atom. The molecule has 0 spiro atoms. The van der Waals surface area contributed by atoms with E-state index in [0.717, 1.165) is 16.4 Å². The number of nitrogen functional groups attached to an aromatic ring is 1. The first kappa shape index (κ1) is 13.2. The van der Waals surface area contributed by atoms with Gasteiger partial charge in [0.25, 0.3) is 0 Å². The van der Waals surface area contributed by atoms with Crippen LogP contribution < -0.4 is 5.73 Å². The van der Waals surface area contributed by atoms with Crippen molar-refractivity contribution in [3.63, 3.8) is 0 Å². The van der Waals surface area contributed by atoms with Crippen LogP contribution in [0, 0.1) is 10.1 Å². The van der Waals surface area contributed by atoms with Gasteiger partial charge in [-0.05, 0) is 6.07 Å². The van der Waals surface area contributed by atoms with Gasteiger partial charge in [-0.3, -0.25) is 10.1 Å². The molecular formula is C8H11N3O5S. The molecule has 9 heteroatoms. The molecule has 1 aromatic rings. The number of hydrogen-bond donors (Lipinski definition) is 2. The molecule has 0 aliphatic heterocycles. The Hall–Kier alpha value is -1.87. The summed E-state index contributed by atoms with van der Waals surface area (Å²) in [4.78, 5) is 9.36. The number of hydrogen-bond acceptors (Lipinski definition) is 6. The second-order valence-corrected chi connectivity index (χ2v) is 5.58. The van der Waals surface area contributed by atoms with E-state index in [1.54, 1.807) is 0 Å². The molecule has 0 atom stereocenters. The summed E-state index contributed by atoms with van der Waals surface area (Å²) < 4.78 is 24.4. The van der Waals surface area contributed by atoms with Crippen LogP contribution >= 0.6 is 0 Å². The highest BCUT2D eigenvalue weighted by Gasteiger charge is 2.25. The molecule has 0 saturated heterocycles. The Kier molecular flexibility index (Phi) is 3.25. The number of phenolic OH excluding ortho intramolecular Hbond substituents is 1. The van der Waals surface area contributed by atoms with Crippen LogP contribution in [0.4, 0.5) is 11.4 Å². The molecule has 0 bridgehead atoms. The van der Waals surface area contributed by atoms with E-state index in [-0.39, 0.29) is 10.6 Å². The smallest absolute Gasteiger partial charge is 0.314 e. The number of benzene rings is 1. The van der Waals surface area contributed by atoms with Crippen molar-refractivity contribution in [2.24, 2.45) is 0 Å². The van der Waals surface area contributed by atoms with Crippen molar-refractivity contribution in [2.75, 3.05) is 19.8 Å². The summed E-state index contributed by atoms with van der Waals surface area (Å²) >= 11 is 0. The van der Waals surface area contributed by atoms with Crippen LogP contribution in [0.1, 0.15) is 0 Å². The number of rotatable bonds is 3. The summed E-state index contributed by atoms with van der Waals surface area (Å²) in [5, 5.41) is 19.9. The minimum absolute atomic E-state index is 0.343. The Morgan fingerprint density at radius 3 is 2.35 bits per heavy atom. The molecule has 0 amide bonds. The predicted molar refractivity (Wildman–Crippen MR) is 60.0 cm³/mol. The maximum Gasteiger partial charge on any atom is 0.314 e. The summed E-state index contributed by atoms with van der Waals surface area (Å²) in [7, 11) is -1.27. The number of nitrogens with two attached hydrogens (primary N) is 1. The van der Waals surface area contributed by atoms with Gasteiger partial charge in [0.1, 0.15) is 0 Å². The molecule has 0 radical (unpaired) electrons. The van der Waals surface area contributed by atoms with E-state index in [9.17, 15) is 23.6 Å². The molecule has 3 N–H and O–H groups in total. The van der Waals surface area contributed by atoms with E-state index in [1.165, 1.54) is 14.1 Å². The molecule has 0 fully saturated rings. The highest BCUT2D eigenvalue weighted by atomic mass is 32.2. The predicted octanol–water partition coefficient (Wildman–Crippen LogP) is 0.133. The van der Waals surface area contributed by atoms with Crippen LogP contribution in [0.3, 0.4) is 0 Å². The first-order chi connectivity index (χ1) is 7.67. The van der Waals surface area contributed by atoms with Gasteiger partial charge in [-0.2, -0.15) is 0 Å². The second-order valence-electron chi connectivity index (χ2n) is 3.42. The zero-order chi connectivity index (χ0) is 13.4. The summed E-state index contributed by atoms with van der Waals surface area (Å²) in [5.74, 6) is -0.743.